The third-order valence-electron chi connectivity index (χ3n) is 4.24. The van der Waals surface area contributed by atoms with E-state index in [4.69, 9.17) is 0 Å². The summed E-state index contributed by atoms with van der Waals surface area (Å²) in [7, 11) is 0. The summed E-state index contributed by atoms with van der Waals surface area (Å²) in [5.41, 5.74) is 1.16. The molecule has 4 rings (SSSR count). The van der Waals surface area contributed by atoms with Crippen molar-refractivity contribution in [3.05, 3.63) is 66.3 Å². The molecule has 4 aromatic rings. The second kappa shape index (κ2) is 6.29. The van der Waals surface area contributed by atoms with Gasteiger partial charge in [0.25, 0.3) is 0 Å². The van der Waals surface area contributed by atoms with Gasteiger partial charge in [0.1, 0.15) is 23.0 Å². The summed E-state index contributed by atoms with van der Waals surface area (Å²) in [5.74, 6) is -2.56. The Labute approximate surface area is 146 Å². The fourth-order valence-electron chi connectivity index (χ4n) is 3.05. The largest absolute Gasteiger partial charge is 0.327 e. The van der Waals surface area contributed by atoms with Crippen LogP contribution >= 0.6 is 0 Å². The van der Waals surface area contributed by atoms with E-state index in [0.717, 1.165) is 23.2 Å². The lowest BCUT2D eigenvalue weighted by Gasteiger charge is -2.11. The van der Waals surface area contributed by atoms with Gasteiger partial charge >= 0.3 is 0 Å². The maximum Gasteiger partial charge on any atom is 0.172 e. The van der Waals surface area contributed by atoms with Crippen LogP contribution in [0, 0.1) is 17.5 Å². The van der Waals surface area contributed by atoms with E-state index in [1.807, 2.05) is 17.6 Å². The van der Waals surface area contributed by atoms with E-state index in [9.17, 15) is 13.2 Å². The molecule has 0 spiro atoms. The van der Waals surface area contributed by atoms with Gasteiger partial charge in [0.05, 0.1) is 23.8 Å². The van der Waals surface area contributed by atoms with Gasteiger partial charge in [-0.25, -0.2) is 23.1 Å². The molecule has 0 saturated carbocycles. The molecule has 8 heteroatoms. The van der Waals surface area contributed by atoms with Crippen molar-refractivity contribution in [1.82, 2.24) is 24.1 Å². The van der Waals surface area contributed by atoms with Crippen LogP contribution in [-0.4, -0.2) is 24.1 Å². The smallest absolute Gasteiger partial charge is 0.172 e. The van der Waals surface area contributed by atoms with Gasteiger partial charge in [-0.3, -0.25) is 4.98 Å². The molecule has 3 heterocycles. The molecule has 0 saturated heterocycles. The van der Waals surface area contributed by atoms with Crippen LogP contribution in [0.5, 0.6) is 0 Å². The molecule has 0 bridgehead atoms. The van der Waals surface area contributed by atoms with Gasteiger partial charge in [-0.05, 0) is 25.1 Å². The zero-order valence-corrected chi connectivity index (χ0v) is 13.8. The number of hydrogen-bond donors (Lipinski definition) is 0. The second-order valence-electron chi connectivity index (χ2n) is 5.73. The first-order valence-electron chi connectivity index (χ1n) is 8.04. The van der Waals surface area contributed by atoms with Gasteiger partial charge in [-0.15, -0.1) is 0 Å². The molecule has 0 atom stereocenters. The van der Waals surface area contributed by atoms with Gasteiger partial charge in [0.2, 0.25) is 0 Å². The number of pyridine rings is 1. The Bertz CT molecular complexity index is 1100. The van der Waals surface area contributed by atoms with E-state index in [1.54, 1.807) is 23.2 Å². The van der Waals surface area contributed by atoms with Crippen LogP contribution in [0.3, 0.4) is 0 Å². The number of fused-ring (bicyclic) bond motifs is 1. The number of nitrogens with zero attached hydrogens (tertiary/aromatic N) is 5. The number of imidazole rings is 2. The Morgan fingerprint density at radius 3 is 2.65 bits per heavy atom. The fraction of sp³-hybridized carbons (Fsp3) is 0.167. The van der Waals surface area contributed by atoms with Crippen molar-refractivity contribution >= 4 is 11.0 Å². The molecule has 1 aromatic carbocycles. The number of rotatable bonds is 4. The van der Waals surface area contributed by atoms with Crippen molar-refractivity contribution in [2.75, 3.05) is 0 Å². The van der Waals surface area contributed by atoms with E-state index in [0.29, 0.717) is 12.4 Å². The van der Waals surface area contributed by atoms with Crippen molar-refractivity contribution < 1.29 is 13.2 Å². The molecule has 0 aliphatic carbocycles. The molecule has 132 valence electrons. The Morgan fingerprint density at radius 2 is 1.85 bits per heavy atom. The molecule has 0 aliphatic rings. The second-order valence-corrected chi connectivity index (χ2v) is 5.73. The lowest BCUT2D eigenvalue weighted by molar-refractivity contribution is 0.497. The van der Waals surface area contributed by atoms with Crippen molar-refractivity contribution in [3.63, 3.8) is 0 Å². The van der Waals surface area contributed by atoms with E-state index in [2.05, 4.69) is 15.0 Å². The molecule has 26 heavy (non-hydrogen) atoms. The number of halogens is 3. The summed E-state index contributed by atoms with van der Waals surface area (Å²) in [4.78, 5) is 12.6. The quantitative estimate of drug-likeness (QED) is 0.522. The molecule has 0 fully saturated rings. The summed E-state index contributed by atoms with van der Waals surface area (Å²) in [6.07, 6.45) is 6.34. The standard InChI is InChI=1S/C18H14F3N5/c1-2-26-14-5-6-22-9-13(14)24-15(26)10-25-8-7-23-18(25)16-11(19)3-4-12(20)17(16)21/h3-9H,2,10H2,1H3. The molecular weight excluding hydrogens is 343 g/mol. The van der Waals surface area contributed by atoms with E-state index in [1.165, 1.54) is 6.20 Å². The topological polar surface area (TPSA) is 48.5 Å². The minimum Gasteiger partial charge on any atom is -0.327 e. The van der Waals surface area contributed by atoms with Crippen LogP contribution < -0.4 is 0 Å². The summed E-state index contributed by atoms with van der Waals surface area (Å²) in [6.45, 7) is 2.88. The van der Waals surface area contributed by atoms with Crippen LogP contribution in [0.4, 0.5) is 13.2 Å². The van der Waals surface area contributed by atoms with Gasteiger partial charge < -0.3 is 9.13 Å². The Hall–Kier alpha value is -3.16. The van der Waals surface area contributed by atoms with Crippen molar-refractivity contribution in [3.8, 4) is 11.4 Å². The summed E-state index contributed by atoms with van der Waals surface area (Å²) >= 11 is 0. The lowest BCUT2D eigenvalue weighted by Crippen LogP contribution is -2.10. The third kappa shape index (κ3) is 2.54. The molecule has 5 nitrogen and oxygen atoms in total. The highest BCUT2D eigenvalue weighted by Crippen LogP contribution is 2.27. The monoisotopic (exact) mass is 357 g/mol. The summed E-state index contributed by atoms with van der Waals surface area (Å²) in [6, 6.07) is 3.50. The first-order valence-corrected chi connectivity index (χ1v) is 8.04. The predicted octanol–water partition coefficient (Wildman–Crippen LogP) is 3.78. The summed E-state index contributed by atoms with van der Waals surface area (Å²) < 4.78 is 45.4. The highest BCUT2D eigenvalue weighted by atomic mass is 19.2. The van der Waals surface area contributed by atoms with E-state index < -0.39 is 23.0 Å². The zero-order valence-electron chi connectivity index (χ0n) is 13.8. The maximum atomic E-state index is 14.2. The lowest BCUT2D eigenvalue weighted by atomic mass is 10.1. The normalized spacial score (nSPS) is 11.4. The van der Waals surface area contributed by atoms with Crippen molar-refractivity contribution in [2.45, 2.75) is 20.0 Å². The van der Waals surface area contributed by atoms with Gasteiger partial charge in [0.15, 0.2) is 11.6 Å². The highest BCUT2D eigenvalue weighted by Gasteiger charge is 2.21. The number of hydrogen-bond acceptors (Lipinski definition) is 3. The molecule has 0 radical (unpaired) electrons. The minimum absolute atomic E-state index is 0.00679. The van der Waals surface area contributed by atoms with Crippen LogP contribution in [0.1, 0.15) is 12.7 Å². The number of benzene rings is 1. The average Bonchev–Trinajstić information content (AvgIpc) is 3.23. The Balaban J connectivity index is 1.82. The van der Waals surface area contributed by atoms with Gasteiger partial charge in [-0.1, -0.05) is 0 Å². The third-order valence-corrected chi connectivity index (χ3v) is 4.24. The van der Waals surface area contributed by atoms with Crippen molar-refractivity contribution in [1.29, 1.82) is 0 Å². The molecule has 0 N–H and O–H groups in total. The van der Waals surface area contributed by atoms with Crippen LogP contribution in [0.2, 0.25) is 0 Å². The van der Waals surface area contributed by atoms with Crippen molar-refractivity contribution in [2.24, 2.45) is 0 Å². The molecule has 0 unspecified atom stereocenters. The van der Waals surface area contributed by atoms with E-state index in [-0.39, 0.29) is 12.4 Å². The first kappa shape index (κ1) is 16.3. The average molecular weight is 357 g/mol. The first-order chi connectivity index (χ1) is 12.6. The Kier molecular flexibility index (Phi) is 3.95. The minimum atomic E-state index is -1.26. The predicted molar refractivity (Wildman–Crippen MR) is 89.8 cm³/mol. The maximum absolute atomic E-state index is 14.2. The zero-order chi connectivity index (χ0) is 18.3. The van der Waals surface area contributed by atoms with Crippen LogP contribution in [0.25, 0.3) is 22.4 Å². The van der Waals surface area contributed by atoms with Crippen LogP contribution in [-0.2, 0) is 13.1 Å². The van der Waals surface area contributed by atoms with Crippen LogP contribution in [0.15, 0.2) is 43.0 Å². The van der Waals surface area contributed by atoms with E-state index >= 15 is 0 Å². The molecule has 0 aliphatic heterocycles. The number of aromatic nitrogens is 5. The number of aryl methyl sites for hydroxylation is 1. The molecule has 3 aromatic heterocycles. The van der Waals surface area contributed by atoms with Gasteiger partial charge in [-0.2, -0.15) is 0 Å². The molecular formula is C18H14F3N5. The SMILES string of the molecule is CCn1c(Cn2ccnc2-c2c(F)ccc(F)c2F)nc2cnccc21. The highest BCUT2D eigenvalue weighted by molar-refractivity contribution is 5.74. The molecule has 0 amide bonds. The fourth-order valence-corrected chi connectivity index (χ4v) is 3.05. The van der Waals surface area contributed by atoms with Gasteiger partial charge in [0, 0.05) is 25.1 Å². The Morgan fingerprint density at radius 1 is 1.04 bits per heavy atom. The summed E-state index contributed by atoms with van der Waals surface area (Å²) in [5, 5.41) is 0.